The molecule has 3 rings (SSSR count). The molecule has 0 aromatic heterocycles. The summed E-state index contributed by atoms with van der Waals surface area (Å²) in [5.41, 5.74) is 2.33. The van der Waals surface area contributed by atoms with Crippen LogP contribution in [-0.4, -0.2) is 61.8 Å². The summed E-state index contributed by atoms with van der Waals surface area (Å²) in [6.07, 6.45) is -0.269. The van der Waals surface area contributed by atoms with Crippen LogP contribution in [-0.2, 0) is 9.47 Å². The zero-order chi connectivity index (χ0) is 18.9. The van der Waals surface area contributed by atoms with Crippen LogP contribution in [0, 0.1) is 0 Å². The van der Waals surface area contributed by atoms with Crippen molar-refractivity contribution < 1.29 is 14.3 Å². The summed E-state index contributed by atoms with van der Waals surface area (Å²) in [5.74, 6) is 0. The molecule has 2 aromatic rings. The molecular weight excluding hydrogens is 340 g/mol. The van der Waals surface area contributed by atoms with Gasteiger partial charge in [-0.3, -0.25) is 4.90 Å². The molecule has 144 valence electrons. The minimum atomic E-state index is -0.207. The lowest BCUT2D eigenvalue weighted by atomic mass is 10.0. The van der Waals surface area contributed by atoms with E-state index in [0.29, 0.717) is 26.3 Å². The predicted octanol–water partition coefficient (Wildman–Crippen LogP) is 3.57. The fraction of sp³-hybridized carbons (Fsp3) is 0.409. The van der Waals surface area contributed by atoms with E-state index in [0.717, 1.165) is 30.8 Å². The lowest BCUT2D eigenvalue weighted by molar-refractivity contribution is 0.0413. The second-order valence-corrected chi connectivity index (χ2v) is 6.60. The highest BCUT2D eigenvalue weighted by Gasteiger charge is 2.22. The van der Waals surface area contributed by atoms with E-state index in [4.69, 9.17) is 9.47 Å². The van der Waals surface area contributed by atoms with Crippen molar-refractivity contribution >= 4 is 6.09 Å². The molecule has 0 saturated carbocycles. The normalized spacial score (nSPS) is 15.1. The maximum Gasteiger partial charge on any atom is 0.409 e. The van der Waals surface area contributed by atoms with E-state index in [1.54, 1.807) is 4.90 Å². The third kappa shape index (κ3) is 5.55. The molecular formula is C22H28N2O3. The number of hydrogen-bond donors (Lipinski definition) is 0. The number of nitrogens with zero attached hydrogens (tertiary/aromatic N) is 2. The Labute approximate surface area is 161 Å². The number of hydrogen-bond acceptors (Lipinski definition) is 4. The molecule has 2 aromatic carbocycles. The van der Waals surface area contributed by atoms with E-state index in [9.17, 15) is 4.79 Å². The highest BCUT2D eigenvalue weighted by Crippen LogP contribution is 2.25. The van der Waals surface area contributed by atoms with Crippen molar-refractivity contribution in [2.24, 2.45) is 0 Å². The minimum Gasteiger partial charge on any atom is -0.450 e. The summed E-state index contributed by atoms with van der Waals surface area (Å²) in [6.45, 7) is 6.88. The van der Waals surface area contributed by atoms with Crippen LogP contribution >= 0.6 is 0 Å². The van der Waals surface area contributed by atoms with Gasteiger partial charge in [-0.15, -0.1) is 0 Å². The van der Waals surface area contributed by atoms with E-state index in [1.807, 2.05) is 43.3 Å². The minimum absolute atomic E-state index is 0.0618. The van der Waals surface area contributed by atoms with Gasteiger partial charge in [0, 0.05) is 32.7 Å². The summed E-state index contributed by atoms with van der Waals surface area (Å²) in [6, 6.07) is 20.7. The van der Waals surface area contributed by atoms with E-state index in [-0.39, 0.29) is 12.2 Å². The maximum absolute atomic E-state index is 11.8. The number of ether oxygens (including phenoxy) is 2. The average Bonchev–Trinajstić information content (AvgIpc) is 2.73. The van der Waals surface area contributed by atoms with Crippen LogP contribution in [0.4, 0.5) is 4.79 Å². The smallest absolute Gasteiger partial charge is 0.409 e. The zero-order valence-electron chi connectivity index (χ0n) is 15.9. The Morgan fingerprint density at radius 1 is 0.926 bits per heavy atom. The lowest BCUT2D eigenvalue weighted by Gasteiger charge is -2.34. The van der Waals surface area contributed by atoms with Gasteiger partial charge in [0.15, 0.2) is 0 Å². The second kappa shape index (κ2) is 10.1. The van der Waals surface area contributed by atoms with Gasteiger partial charge in [0.2, 0.25) is 0 Å². The summed E-state index contributed by atoms with van der Waals surface area (Å²) < 4.78 is 11.4. The molecule has 5 heteroatoms. The van der Waals surface area contributed by atoms with Gasteiger partial charge in [0.1, 0.15) is 6.10 Å². The molecule has 0 spiro atoms. The van der Waals surface area contributed by atoms with Crippen molar-refractivity contribution in [3.05, 3.63) is 71.8 Å². The van der Waals surface area contributed by atoms with Crippen molar-refractivity contribution in [2.45, 2.75) is 13.0 Å². The summed E-state index contributed by atoms with van der Waals surface area (Å²) in [5, 5.41) is 0. The van der Waals surface area contributed by atoms with E-state index < -0.39 is 0 Å². The summed E-state index contributed by atoms with van der Waals surface area (Å²) in [7, 11) is 0. The predicted molar refractivity (Wildman–Crippen MR) is 106 cm³/mol. The van der Waals surface area contributed by atoms with Crippen LogP contribution in [0.15, 0.2) is 60.7 Å². The largest absolute Gasteiger partial charge is 0.450 e. The highest BCUT2D eigenvalue weighted by atomic mass is 16.6. The van der Waals surface area contributed by atoms with Crippen molar-refractivity contribution in [1.82, 2.24) is 9.80 Å². The Morgan fingerprint density at radius 3 is 2.00 bits per heavy atom. The molecule has 5 nitrogen and oxygen atoms in total. The molecule has 0 N–H and O–H groups in total. The van der Waals surface area contributed by atoms with Crippen molar-refractivity contribution in [3.8, 4) is 0 Å². The fourth-order valence-electron chi connectivity index (χ4n) is 3.31. The summed E-state index contributed by atoms with van der Waals surface area (Å²) in [4.78, 5) is 15.9. The first kappa shape index (κ1) is 19.4. The van der Waals surface area contributed by atoms with Crippen molar-refractivity contribution in [3.63, 3.8) is 0 Å². The second-order valence-electron chi connectivity index (χ2n) is 6.60. The first-order valence-corrected chi connectivity index (χ1v) is 9.63. The average molecular weight is 368 g/mol. The van der Waals surface area contributed by atoms with Crippen LogP contribution < -0.4 is 0 Å². The van der Waals surface area contributed by atoms with Gasteiger partial charge < -0.3 is 14.4 Å². The maximum atomic E-state index is 11.8. The van der Waals surface area contributed by atoms with Gasteiger partial charge in [-0.25, -0.2) is 4.79 Å². The van der Waals surface area contributed by atoms with Gasteiger partial charge in [-0.05, 0) is 18.1 Å². The Balaban J connectivity index is 1.51. The molecule has 0 unspecified atom stereocenters. The number of carbonyl (C=O) groups excluding carboxylic acids is 1. The quantitative estimate of drug-likeness (QED) is 0.749. The monoisotopic (exact) mass is 368 g/mol. The third-order valence-electron chi connectivity index (χ3n) is 4.79. The number of piperazine rings is 1. The van der Waals surface area contributed by atoms with E-state index in [1.165, 1.54) is 0 Å². The Kier molecular flexibility index (Phi) is 7.25. The molecule has 1 fully saturated rings. The number of carbonyl (C=O) groups is 1. The molecule has 1 aliphatic heterocycles. The molecule has 0 radical (unpaired) electrons. The van der Waals surface area contributed by atoms with Gasteiger partial charge in [0.25, 0.3) is 0 Å². The molecule has 1 heterocycles. The van der Waals surface area contributed by atoms with Gasteiger partial charge >= 0.3 is 6.09 Å². The van der Waals surface area contributed by atoms with Crippen LogP contribution in [0.3, 0.4) is 0 Å². The van der Waals surface area contributed by atoms with Crippen LogP contribution in [0.2, 0.25) is 0 Å². The first-order valence-electron chi connectivity index (χ1n) is 9.63. The fourth-order valence-corrected chi connectivity index (χ4v) is 3.31. The highest BCUT2D eigenvalue weighted by molar-refractivity contribution is 5.67. The van der Waals surface area contributed by atoms with Crippen LogP contribution in [0.25, 0.3) is 0 Å². The van der Waals surface area contributed by atoms with Gasteiger partial charge in [0.05, 0.1) is 13.2 Å². The lowest BCUT2D eigenvalue weighted by Crippen LogP contribution is -2.49. The molecule has 1 aliphatic rings. The first-order chi connectivity index (χ1) is 13.3. The van der Waals surface area contributed by atoms with E-state index >= 15 is 0 Å². The molecule has 27 heavy (non-hydrogen) atoms. The molecule has 1 amide bonds. The Bertz CT molecular complexity index is 646. The van der Waals surface area contributed by atoms with Crippen molar-refractivity contribution in [1.29, 1.82) is 0 Å². The van der Waals surface area contributed by atoms with Gasteiger partial charge in [-0.2, -0.15) is 0 Å². The SMILES string of the molecule is CCOC(=O)N1CCN(CCOC(c2ccccc2)c2ccccc2)CC1. The Morgan fingerprint density at radius 2 is 1.48 bits per heavy atom. The number of amides is 1. The topological polar surface area (TPSA) is 42.0 Å². The number of benzene rings is 2. The van der Waals surface area contributed by atoms with Crippen molar-refractivity contribution in [2.75, 3.05) is 45.9 Å². The zero-order valence-corrected chi connectivity index (χ0v) is 15.9. The van der Waals surface area contributed by atoms with Crippen LogP contribution in [0.5, 0.6) is 0 Å². The Hall–Kier alpha value is -2.37. The van der Waals surface area contributed by atoms with Gasteiger partial charge in [-0.1, -0.05) is 60.7 Å². The number of rotatable bonds is 7. The van der Waals surface area contributed by atoms with E-state index in [2.05, 4.69) is 29.2 Å². The molecule has 0 bridgehead atoms. The standard InChI is InChI=1S/C22H28N2O3/c1-2-26-22(25)24-15-13-23(14-16-24)17-18-27-21(19-9-5-3-6-10-19)20-11-7-4-8-12-20/h3-12,21H,2,13-18H2,1H3. The molecule has 0 atom stereocenters. The van der Waals surface area contributed by atoms with Crippen LogP contribution in [0.1, 0.15) is 24.2 Å². The third-order valence-corrected chi connectivity index (χ3v) is 4.79. The molecule has 1 saturated heterocycles. The molecule has 0 aliphatic carbocycles. The summed E-state index contributed by atoms with van der Waals surface area (Å²) >= 11 is 0.